The molecule has 0 aliphatic carbocycles. The van der Waals surface area contributed by atoms with Gasteiger partial charge in [-0.2, -0.15) is 4.31 Å². The summed E-state index contributed by atoms with van der Waals surface area (Å²) in [6.45, 7) is 2.13. The van der Waals surface area contributed by atoms with Crippen molar-refractivity contribution in [1.29, 1.82) is 0 Å². The maximum absolute atomic E-state index is 12.4. The Morgan fingerprint density at radius 2 is 2.17 bits per heavy atom. The van der Waals surface area contributed by atoms with Crippen LogP contribution in [0.25, 0.3) is 0 Å². The monoisotopic (exact) mass is 357 g/mol. The molecule has 0 N–H and O–H groups in total. The number of sulfonamides is 1. The number of ether oxygens (including phenoxy) is 1. The Bertz CT molecular complexity index is 680. The van der Waals surface area contributed by atoms with Gasteiger partial charge in [0.15, 0.2) is 0 Å². The highest BCUT2D eigenvalue weighted by Crippen LogP contribution is 2.44. The largest absolute Gasteiger partial charge is 0.383 e. The van der Waals surface area contributed by atoms with Gasteiger partial charge in [0.25, 0.3) is 5.91 Å². The van der Waals surface area contributed by atoms with Crippen LogP contribution in [0.15, 0.2) is 17.0 Å². The SMILES string of the molecule is COCC1CC2(CCN(C(=O)c3cnoc3)CC2)CN1S(C)(=O)=O. The van der Waals surface area contributed by atoms with Crippen molar-refractivity contribution in [2.24, 2.45) is 5.41 Å². The standard InChI is InChI=1S/C15H23N3O5S/c1-22-10-13-7-15(11-18(13)24(2,20)21)3-5-17(6-4-15)14(19)12-8-16-23-9-12/h8-9,13H,3-7,10-11H2,1-2H3. The molecule has 0 bridgehead atoms. The number of aromatic nitrogens is 1. The van der Waals surface area contributed by atoms with E-state index in [1.807, 2.05) is 0 Å². The lowest BCUT2D eigenvalue weighted by atomic mass is 9.76. The Morgan fingerprint density at radius 1 is 1.46 bits per heavy atom. The van der Waals surface area contributed by atoms with Gasteiger partial charge >= 0.3 is 0 Å². The summed E-state index contributed by atoms with van der Waals surface area (Å²) in [6.07, 6.45) is 6.37. The topological polar surface area (TPSA) is 92.9 Å². The first kappa shape index (κ1) is 17.4. The molecule has 0 aromatic carbocycles. The van der Waals surface area contributed by atoms with Crippen LogP contribution in [0.5, 0.6) is 0 Å². The summed E-state index contributed by atoms with van der Waals surface area (Å²) in [5.41, 5.74) is 0.380. The predicted molar refractivity (Wildman–Crippen MR) is 85.9 cm³/mol. The number of hydrogen-bond acceptors (Lipinski definition) is 6. The van der Waals surface area contributed by atoms with E-state index in [0.29, 0.717) is 31.8 Å². The van der Waals surface area contributed by atoms with Crippen LogP contribution in [0.1, 0.15) is 29.6 Å². The molecular weight excluding hydrogens is 334 g/mol. The molecule has 2 fully saturated rings. The van der Waals surface area contributed by atoms with Gasteiger partial charge in [-0.05, 0) is 24.7 Å². The van der Waals surface area contributed by atoms with Gasteiger partial charge in [0, 0.05) is 32.8 Å². The number of carbonyl (C=O) groups is 1. The molecule has 3 heterocycles. The molecule has 3 rings (SSSR count). The van der Waals surface area contributed by atoms with Crippen LogP contribution < -0.4 is 0 Å². The summed E-state index contributed by atoms with van der Waals surface area (Å²) in [4.78, 5) is 14.1. The van der Waals surface area contributed by atoms with Crippen molar-refractivity contribution in [2.75, 3.05) is 39.6 Å². The molecule has 2 aliphatic heterocycles. The third-order valence-corrected chi connectivity index (χ3v) is 6.42. The summed E-state index contributed by atoms with van der Waals surface area (Å²) in [7, 11) is -1.67. The van der Waals surface area contributed by atoms with Gasteiger partial charge in [-0.3, -0.25) is 4.79 Å². The molecule has 24 heavy (non-hydrogen) atoms. The van der Waals surface area contributed by atoms with Crippen molar-refractivity contribution in [3.63, 3.8) is 0 Å². The zero-order valence-corrected chi connectivity index (χ0v) is 14.8. The van der Waals surface area contributed by atoms with Crippen LogP contribution in [-0.4, -0.2) is 74.3 Å². The van der Waals surface area contributed by atoms with Gasteiger partial charge in [-0.25, -0.2) is 8.42 Å². The van der Waals surface area contributed by atoms with E-state index in [4.69, 9.17) is 9.26 Å². The Balaban J connectivity index is 1.68. The van der Waals surface area contributed by atoms with Crippen molar-refractivity contribution in [3.05, 3.63) is 18.0 Å². The third kappa shape index (κ3) is 3.33. The van der Waals surface area contributed by atoms with Crippen molar-refractivity contribution in [3.8, 4) is 0 Å². The zero-order valence-electron chi connectivity index (χ0n) is 14.0. The van der Waals surface area contributed by atoms with Crippen LogP contribution >= 0.6 is 0 Å². The quantitative estimate of drug-likeness (QED) is 0.782. The Labute approximate surface area is 141 Å². The second-order valence-electron chi connectivity index (χ2n) is 6.83. The van der Waals surface area contributed by atoms with Gasteiger partial charge in [0.05, 0.1) is 24.6 Å². The van der Waals surface area contributed by atoms with Crippen molar-refractivity contribution in [2.45, 2.75) is 25.3 Å². The van der Waals surface area contributed by atoms with E-state index < -0.39 is 10.0 Å². The Kier molecular flexibility index (Phi) is 4.67. The minimum Gasteiger partial charge on any atom is -0.383 e. The first-order valence-electron chi connectivity index (χ1n) is 7.99. The smallest absolute Gasteiger partial charge is 0.258 e. The van der Waals surface area contributed by atoms with Gasteiger partial charge in [-0.1, -0.05) is 5.16 Å². The van der Waals surface area contributed by atoms with Gasteiger partial charge in [-0.15, -0.1) is 0 Å². The summed E-state index contributed by atoms with van der Waals surface area (Å²) in [5.74, 6) is -0.0856. The van der Waals surface area contributed by atoms with E-state index in [-0.39, 0.29) is 17.4 Å². The van der Waals surface area contributed by atoms with E-state index >= 15 is 0 Å². The molecule has 134 valence electrons. The molecule has 8 nitrogen and oxygen atoms in total. The second-order valence-corrected chi connectivity index (χ2v) is 8.76. The number of carbonyl (C=O) groups excluding carboxylic acids is 1. The average molecular weight is 357 g/mol. The number of nitrogens with zero attached hydrogens (tertiary/aromatic N) is 3. The maximum Gasteiger partial charge on any atom is 0.258 e. The molecule has 9 heteroatoms. The molecule has 1 aromatic rings. The molecule has 0 saturated carbocycles. The molecule has 1 aromatic heterocycles. The Morgan fingerprint density at radius 3 is 2.71 bits per heavy atom. The fraction of sp³-hybridized carbons (Fsp3) is 0.733. The van der Waals surface area contributed by atoms with E-state index in [9.17, 15) is 13.2 Å². The average Bonchev–Trinajstić information content (AvgIpc) is 3.16. The zero-order chi connectivity index (χ0) is 17.4. The molecule has 1 unspecified atom stereocenters. The minimum absolute atomic E-state index is 0.0717. The van der Waals surface area contributed by atoms with Crippen molar-refractivity contribution in [1.82, 2.24) is 14.4 Å². The highest BCUT2D eigenvalue weighted by molar-refractivity contribution is 7.88. The number of hydrogen-bond donors (Lipinski definition) is 0. The van der Waals surface area contributed by atoms with Crippen LogP contribution in [0.2, 0.25) is 0 Å². The third-order valence-electron chi connectivity index (χ3n) is 5.14. The number of likely N-dealkylation sites (tertiary alicyclic amines) is 1. The molecule has 0 radical (unpaired) electrons. The predicted octanol–water partition coefficient (Wildman–Crippen LogP) is 0.577. The minimum atomic E-state index is -3.26. The number of piperidine rings is 1. The van der Waals surface area contributed by atoms with Gasteiger partial charge in [0.2, 0.25) is 10.0 Å². The lowest BCUT2D eigenvalue weighted by Gasteiger charge is -2.39. The summed E-state index contributed by atoms with van der Waals surface area (Å²) < 4.78 is 35.6. The first-order chi connectivity index (χ1) is 11.3. The highest BCUT2D eigenvalue weighted by atomic mass is 32.2. The first-order valence-corrected chi connectivity index (χ1v) is 9.84. The van der Waals surface area contributed by atoms with Crippen LogP contribution in [0.4, 0.5) is 0 Å². The van der Waals surface area contributed by atoms with Crippen LogP contribution in [-0.2, 0) is 14.8 Å². The van der Waals surface area contributed by atoms with Crippen LogP contribution in [0, 0.1) is 5.41 Å². The van der Waals surface area contributed by atoms with Gasteiger partial charge < -0.3 is 14.2 Å². The fourth-order valence-electron chi connectivity index (χ4n) is 3.89. The van der Waals surface area contributed by atoms with Crippen molar-refractivity contribution < 1.29 is 22.5 Å². The summed E-state index contributed by atoms with van der Waals surface area (Å²) >= 11 is 0. The second kappa shape index (κ2) is 6.45. The Hall–Kier alpha value is -1.45. The number of methoxy groups -OCH3 is 1. The molecule has 1 atom stereocenters. The summed E-state index contributed by atoms with van der Waals surface area (Å²) in [6, 6.07) is -0.120. The van der Waals surface area contributed by atoms with Crippen molar-refractivity contribution >= 4 is 15.9 Å². The maximum atomic E-state index is 12.4. The van der Waals surface area contributed by atoms with E-state index in [0.717, 1.165) is 19.3 Å². The molecule has 2 aliphatic rings. The molecule has 1 amide bonds. The molecule has 1 spiro atoms. The summed E-state index contributed by atoms with van der Waals surface area (Å²) in [5, 5.41) is 3.57. The number of rotatable bonds is 4. The molecular formula is C15H23N3O5S. The fourth-order valence-corrected chi connectivity index (χ4v) is 5.07. The van der Waals surface area contributed by atoms with Gasteiger partial charge in [0.1, 0.15) is 6.26 Å². The van der Waals surface area contributed by atoms with E-state index in [1.54, 1.807) is 16.3 Å². The molecule has 2 saturated heterocycles. The lowest BCUT2D eigenvalue weighted by molar-refractivity contribution is 0.0594. The highest BCUT2D eigenvalue weighted by Gasteiger charge is 2.48. The van der Waals surface area contributed by atoms with E-state index in [2.05, 4.69) is 5.16 Å². The number of amides is 1. The van der Waals surface area contributed by atoms with E-state index in [1.165, 1.54) is 18.7 Å². The lowest BCUT2D eigenvalue weighted by Crippen LogP contribution is -2.44. The normalized spacial score (nSPS) is 24.6. The van der Waals surface area contributed by atoms with Crippen LogP contribution in [0.3, 0.4) is 0 Å².